The van der Waals surface area contributed by atoms with E-state index in [1.54, 1.807) is 16.8 Å². The minimum Gasteiger partial charge on any atom is -0.393 e. The van der Waals surface area contributed by atoms with Crippen LogP contribution in [0.15, 0.2) is 23.3 Å². The summed E-state index contributed by atoms with van der Waals surface area (Å²) in [6, 6.07) is 1.88. The highest BCUT2D eigenvalue weighted by molar-refractivity contribution is 4.90. The Kier molecular flexibility index (Phi) is 3.39. The van der Waals surface area contributed by atoms with Gasteiger partial charge in [-0.25, -0.2) is 9.78 Å². The van der Waals surface area contributed by atoms with Crippen LogP contribution in [-0.4, -0.2) is 20.8 Å². The molecule has 4 nitrogen and oxygen atoms in total. The topological polar surface area (TPSA) is 55.1 Å². The zero-order chi connectivity index (χ0) is 11.5. The standard InChI is InChI=1S/C12H18N2O2/c1-2-9-4-5-10(15)8-11(9)14-7-3-6-13-12(14)16/h3,6-7,9-11,15H,2,4-5,8H2,1H3. The van der Waals surface area contributed by atoms with Crippen LogP contribution in [-0.2, 0) is 0 Å². The molecule has 16 heavy (non-hydrogen) atoms. The molecule has 0 aliphatic heterocycles. The molecule has 0 spiro atoms. The molecule has 1 N–H and O–H groups in total. The number of aliphatic hydroxyl groups excluding tert-OH is 1. The first kappa shape index (κ1) is 11.3. The van der Waals surface area contributed by atoms with Crippen LogP contribution in [0.1, 0.15) is 38.6 Å². The highest BCUT2D eigenvalue weighted by Crippen LogP contribution is 2.34. The highest BCUT2D eigenvalue weighted by atomic mass is 16.3. The predicted octanol–water partition coefficient (Wildman–Crippen LogP) is 1.36. The number of hydrogen-bond acceptors (Lipinski definition) is 3. The number of rotatable bonds is 2. The quantitative estimate of drug-likeness (QED) is 0.822. The van der Waals surface area contributed by atoms with Gasteiger partial charge >= 0.3 is 5.69 Å². The molecule has 0 saturated heterocycles. The van der Waals surface area contributed by atoms with Crippen molar-refractivity contribution in [2.45, 2.75) is 44.8 Å². The van der Waals surface area contributed by atoms with Gasteiger partial charge in [-0.1, -0.05) is 13.3 Å². The van der Waals surface area contributed by atoms with Crippen molar-refractivity contribution >= 4 is 0 Å². The number of aromatic nitrogens is 2. The molecule has 0 aromatic carbocycles. The molecule has 88 valence electrons. The summed E-state index contributed by atoms with van der Waals surface area (Å²) in [5.74, 6) is 0.477. The van der Waals surface area contributed by atoms with Crippen LogP contribution in [0.4, 0.5) is 0 Å². The second-order valence-electron chi connectivity index (χ2n) is 4.51. The zero-order valence-corrected chi connectivity index (χ0v) is 9.54. The highest BCUT2D eigenvalue weighted by Gasteiger charge is 2.30. The van der Waals surface area contributed by atoms with Gasteiger partial charge in [-0.3, -0.25) is 4.57 Å². The van der Waals surface area contributed by atoms with Gasteiger partial charge in [-0.2, -0.15) is 0 Å². The Morgan fingerprint density at radius 2 is 2.38 bits per heavy atom. The molecule has 2 rings (SSSR count). The number of aliphatic hydroxyl groups is 1. The molecular formula is C12H18N2O2. The van der Waals surface area contributed by atoms with Crippen molar-refractivity contribution in [2.75, 3.05) is 0 Å². The van der Waals surface area contributed by atoms with Crippen molar-refractivity contribution in [1.82, 2.24) is 9.55 Å². The average molecular weight is 222 g/mol. The van der Waals surface area contributed by atoms with Gasteiger partial charge in [0.05, 0.1) is 6.10 Å². The van der Waals surface area contributed by atoms with Crippen LogP contribution in [0.3, 0.4) is 0 Å². The number of nitrogens with zero attached hydrogens (tertiary/aromatic N) is 2. The maximum absolute atomic E-state index is 11.7. The average Bonchev–Trinajstić information content (AvgIpc) is 2.29. The molecule has 1 fully saturated rings. The summed E-state index contributed by atoms with van der Waals surface area (Å²) >= 11 is 0. The fourth-order valence-corrected chi connectivity index (χ4v) is 2.63. The second-order valence-corrected chi connectivity index (χ2v) is 4.51. The van der Waals surface area contributed by atoms with Crippen molar-refractivity contribution in [2.24, 2.45) is 5.92 Å². The van der Waals surface area contributed by atoms with Gasteiger partial charge in [0, 0.05) is 18.4 Å². The van der Waals surface area contributed by atoms with Crippen molar-refractivity contribution in [1.29, 1.82) is 0 Å². The Balaban J connectivity index is 2.29. The van der Waals surface area contributed by atoms with Crippen LogP contribution in [0.2, 0.25) is 0 Å². The number of hydrogen-bond donors (Lipinski definition) is 1. The molecule has 0 amide bonds. The van der Waals surface area contributed by atoms with Crippen LogP contribution >= 0.6 is 0 Å². The molecule has 0 radical (unpaired) electrons. The maximum Gasteiger partial charge on any atom is 0.347 e. The third kappa shape index (κ3) is 2.16. The molecule has 1 aromatic heterocycles. The van der Waals surface area contributed by atoms with Gasteiger partial charge in [0.2, 0.25) is 0 Å². The maximum atomic E-state index is 11.7. The van der Waals surface area contributed by atoms with E-state index in [9.17, 15) is 9.90 Å². The molecular weight excluding hydrogens is 204 g/mol. The molecule has 1 saturated carbocycles. The first-order chi connectivity index (χ1) is 7.72. The largest absolute Gasteiger partial charge is 0.393 e. The van der Waals surface area contributed by atoms with E-state index in [0.29, 0.717) is 12.3 Å². The SMILES string of the molecule is CCC1CCC(O)CC1n1cccnc1=O. The Morgan fingerprint density at radius 3 is 3.06 bits per heavy atom. The molecule has 3 unspecified atom stereocenters. The van der Waals surface area contributed by atoms with Crippen molar-refractivity contribution in [3.05, 3.63) is 28.9 Å². The summed E-state index contributed by atoms with van der Waals surface area (Å²) in [5.41, 5.74) is -0.208. The summed E-state index contributed by atoms with van der Waals surface area (Å²) in [6.45, 7) is 2.14. The van der Waals surface area contributed by atoms with Gasteiger partial charge in [0.25, 0.3) is 0 Å². The van der Waals surface area contributed by atoms with E-state index in [1.807, 2.05) is 0 Å². The smallest absolute Gasteiger partial charge is 0.347 e. The predicted molar refractivity (Wildman–Crippen MR) is 61.2 cm³/mol. The fourth-order valence-electron chi connectivity index (χ4n) is 2.63. The van der Waals surface area contributed by atoms with Crippen LogP contribution in [0.5, 0.6) is 0 Å². The third-order valence-corrected chi connectivity index (χ3v) is 3.55. The summed E-state index contributed by atoms with van der Waals surface area (Å²) in [6.07, 6.45) is 6.57. The fraction of sp³-hybridized carbons (Fsp3) is 0.667. The summed E-state index contributed by atoms with van der Waals surface area (Å²) < 4.78 is 1.68. The van der Waals surface area contributed by atoms with Crippen molar-refractivity contribution in [3.8, 4) is 0 Å². The first-order valence-corrected chi connectivity index (χ1v) is 5.93. The summed E-state index contributed by atoms with van der Waals surface area (Å²) in [4.78, 5) is 15.4. The normalized spacial score (nSPS) is 30.2. The van der Waals surface area contributed by atoms with Crippen molar-refractivity contribution < 1.29 is 5.11 Å². The van der Waals surface area contributed by atoms with E-state index in [0.717, 1.165) is 19.3 Å². The zero-order valence-electron chi connectivity index (χ0n) is 9.54. The Hall–Kier alpha value is -1.16. The lowest BCUT2D eigenvalue weighted by Gasteiger charge is -2.34. The van der Waals surface area contributed by atoms with E-state index >= 15 is 0 Å². The van der Waals surface area contributed by atoms with Crippen LogP contribution in [0, 0.1) is 5.92 Å². The molecule has 1 aromatic rings. The molecule has 1 aliphatic carbocycles. The third-order valence-electron chi connectivity index (χ3n) is 3.55. The molecule has 0 bridgehead atoms. The van der Waals surface area contributed by atoms with Gasteiger partial charge in [-0.05, 0) is 31.2 Å². The molecule has 1 heterocycles. The van der Waals surface area contributed by atoms with Gasteiger partial charge in [0.15, 0.2) is 0 Å². The molecule has 1 aliphatic rings. The van der Waals surface area contributed by atoms with Crippen LogP contribution in [0.25, 0.3) is 0 Å². The van der Waals surface area contributed by atoms with Crippen LogP contribution < -0.4 is 5.69 Å². The summed E-state index contributed by atoms with van der Waals surface area (Å²) in [7, 11) is 0. The lowest BCUT2D eigenvalue weighted by atomic mass is 9.81. The lowest BCUT2D eigenvalue weighted by molar-refractivity contribution is 0.0695. The summed E-state index contributed by atoms with van der Waals surface area (Å²) in [5, 5.41) is 9.71. The minimum absolute atomic E-state index is 0.106. The lowest BCUT2D eigenvalue weighted by Crippen LogP contribution is -2.36. The molecule has 3 atom stereocenters. The Morgan fingerprint density at radius 1 is 1.56 bits per heavy atom. The van der Waals surface area contributed by atoms with E-state index < -0.39 is 0 Å². The Bertz CT molecular complexity index is 402. The van der Waals surface area contributed by atoms with Crippen molar-refractivity contribution in [3.63, 3.8) is 0 Å². The van der Waals surface area contributed by atoms with E-state index in [4.69, 9.17) is 0 Å². The van der Waals surface area contributed by atoms with E-state index in [-0.39, 0.29) is 17.8 Å². The molecule has 4 heteroatoms. The van der Waals surface area contributed by atoms with Gasteiger partial charge in [0.1, 0.15) is 0 Å². The van der Waals surface area contributed by atoms with E-state index in [2.05, 4.69) is 11.9 Å². The van der Waals surface area contributed by atoms with E-state index in [1.165, 1.54) is 6.20 Å². The monoisotopic (exact) mass is 222 g/mol. The van der Waals surface area contributed by atoms with Gasteiger partial charge in [-0.15, -0.1) is 0 Å². The first-order valence-electron chi connectivity index (χ1n) is 5.93. The second kappa shape index (κ2) is 4.78. The Labute approximate surface area is 95.0 Å². The van der Waals surface area contributed by atoms with Gasteiger partial charge < -0.3 is 5.11 Å². The minimum atomic E-state index is -0.278.